The molecule has 0 aliphatic carbocycles. The van der Waals surface area contributed by atoms with Crippen molar-refractivity contribution in [1.82, 2.24) is 20.1 Å². The molecule has 1 aromatic heterocycles. The molecule has 0 aliphatic rings. The summed E-state index contributed by atoms with van der Waals surface area (Å²) < 4.78 is 1.74. The number of nitrogens with one attached hydrogen (secondary N) is 2. The lowest BCUT2D eigenvalue weighted by Gasteiger charge is -2.09. The number of nitrogens with zero attached hydrogens (tertiary/aromatic N) is 4. The third kappa shape index (κ3) is 6.16. The molecule has 0 unspecified atom stereocenters. The quantitative estimate of drug-likeness (QED) is 0.222. The standard InChI is InChI=1S/C21H20N6O6S/c1-2-26-17(11-22-19(29)14-4-3-5-16(10-14)27(32)33)24-25-21(26)34-12-18(28)23-15-8-6-13(7-9-15)20(30)31/h3-10H,2,11-12H2,1H3,(H,22,29)(H,23,28)(H,30,31). The summed E-state index contributed by atoms with van der Waals surface area (Å²) in [5.41, 5.74) is 0.559. The van der Waals surface area contributed by atoms with E-state index >= 15 is 0 Å². The molecule has 2 amide bonds. The number of carboxylic acid groups (broad SMARTS) is 1. The van der Waals surface area contributed by atoms with Gasteiger partial charge >= 0.3 is 5.97 Å². The first-order valence-electron chi connectivity index (χ1n) is 9.99. The van der Waals surface area contributed by atoms with E-state index < -0.39 is 16.8 Å². The predicted octanol–water partition coefficient (Wildman–Crippen LogP) is 2.57. The number of carbonyl (C=O) groups is 3. The van der Waals surface area contributed by atoms with Crippen LogP contribution in [-0.2, 0) is 17.9 Å². The second-order valence-electron chi connectivity index (χ2n) is 6.85. The number of nitro benzene ring substituents is 1. The highest BCUT2D eigenvalue weighted by Gasteiger charge is 2.16. The third-order valence-corrected chi connectivity index (χ3v) is 5.55. The minimum atomic E-state index is -1.05. The van der Waals surface area contributed by atoms with Gasteiger partial charge in [0.05, 0.1) is 22.8 Å². The molecule has 0 aliphatic heterocycles. The van der Waals surface area contributed by atoms with Gasteiger partial charge in [0.1, 0.15) is 0 Å². The van der Waals surface area contributed by atoms with Crippen molar-refractivity contribution in [2.45, 2.75) is 25.2 Å². The lowest BCUT2D eigenvalue weighted by molar-refractivity contribution is -0.384. The number of carboxylic acids is 1. The zero-order valence-corrected chi connectivity index (χ0v) is 18.7. The average Bonchev–Trinajstić information content (AvgIpc) is 3.23. The first kappa shape index (κ1) is 24.4. The van der Waals surface area contributed by atoms with E-state index in [9.17, 15) is 24.5 Å². The zero-order valence-electron chi connectivity index (χ0n) is 17.9. The first-order chi connectivity index (χ1) is 16.3. The molecule has 0 bridgehead atoms. The van der Waals surface area contributed by atoms with Gasteiger partial charge in [0.15, 0.2) is 11.0 Å². The zero-order chi connectivity index (χ0) is 24.7. The maximum atomic E-state index is 12.4. The Morgan fingerprint density at radius 2 is 1.85 bits per heavy atom. The largest absolute Gasteiger partial charge is 0.478 e. The summed E-state index contributed by atoms with van der Waals surface area (Å²) in [7, 11) is 0. The highest BCUT2D eigenvalue weighted by Crippen LogP contribution is 2.18. The van der Waals surface area contributed by atoms with Crippen LogP contribution in [0.1, 0.15) is 33.5 Å². The number of amides is 2. The summed E-state index contributed by atoms with van der Waals surface area (Å²) in [5.74, 6) is -1.34. The fourth-order valence-electron chi connectivity index (χ4n) is 2.92. The Hall–Kier alpha value is -4.26. The van der Waals surface area contributed by atoms with Crippen molar-refractivity contribution >= 4 is 40.9 Å². The molecule has 12 nitrogen and oxygen atoms in total. The molecule has 34 heavy (non-hydrogen) atoms. The van der Waals surface area contributed by atoms with Gasteiger partial charge in [0.2, 0.25) is 5.91 Å². The molecule has 2 aromatic carbocycles. The smallest absolute Gasteiger partial charge is 0.335 e. The molecule has 0 spiro atoms. The van der Waals surface area contributed by atoms with Gasteiger partial charge in [0.25, 0.3) is 11.6 Å². The molecule has 0 saturated heterocycles. The highest BCUT2D eigenvalue weighted by atomic mass is 32.2. The Kier molecular flexibility index (Phi) is 7.92. The fourth-order valence-corrected chi connectivity index (χ4v) is 3.74. The van der Waals surface area contributed by atoms with Crippen LogP contribution in [0.4, 0.5) is 11.4 Å². The molecule has 176 valence electrons. The molecule has 0 fully saturated rings. The van der Waals surface area contributed by atoms with Crippen molar-refractivity contribution in [2.75, 3.05) is 11.1 Å². The van der Waals surface area contributed by atoms with Gasteiger partial charge in [-0.25, -0.2) is 4.79 Å². The molecule has 0 atom stereocenters. The fraction of sp³-hybridized carbons (Fsp3) is 0.190. The summed E-state index contributed by atoms with van der Waals surface area (Å²) in [6.45, 7) is 2.41. The second-order valence-corrected chi connectivity index (χ2v) is 7.80. The number of benzene rings is 2. The molecule has 1 heterocycles. The van der Waals surface area contributed by atoms with E-state index in [1.54, 1.807) is 4.57 Å². The normalized spacial score (nSPS) is 10.5. The second kappa shape index (κ2) is 11.0. The Labute approximate surface area is 197 Å². The number of aromatic nitrogens is 3. The van der Waals surface area contributed by atoms with Crippen molar-refractivity contribution < 1.29 is 24.4 Å². The van der Waals surface area contributed by atoms with Crippen molar-refractivity contribution in [3.63, 3.8) is 0 Å². The number of carbonyl (C=O) groups excluding carboxylic acids is 2. The van der Waals surface area contributed by atoms with Crippen LogP contribution in [0, 0.1) is 10.1 Å². The number of aromatic carboxylic acids is 1. The molecule has 3 aromatic rings. The van der Waals surface area contributed by atoms with Crippen molar-refractivity contribution in [1.29, 1.82) is 0 Å². The van der Waals surface area contributed by atoms with E-state index in [0.29, 0.717) is 23.2 Å². The van der Waals surface area contributed by atoms with Crippen LogP contribution in [0.3, 0.4) is 0 Å². The summed E-state index contributed by atoms with van der Waals surface area (Å²) in [6, 6.07) is 11.2. The molecule has 3 N–H and O–H groups in total. The van der Waals surface area contributed by atoms with Crippen LogP contribution in [0.5, 0.6) is 0 Å². The lowest BCUT2D eigenvalue weighted by Crippen LogP contribution is -2.25. The molecule has 3 rings (SSSR count). The topological polar surface area (TPSA) is 169 Å². The maximum Gasteiger partial charge on any atom is 0.335 e. The van der Waals surface area contributed by atoms with Gasteiger partial charge in [-0.05, 0) is 37.3 Å². The molecular formula is C21H20N6O6S. The Bertz CT molecular complexity index is 1230. The number of anilines is 1. The van der Waals surface area contributed by atoms with Crippen LogP contribution < -0.4 is 10.6 Å². The number of non-ortho nitro benzene ring substituents is 1. The van der Waals surface area contributed by atoms with E-state index in [1.807, 2.05) is 6.92 Å². The average molecular weight is 484 g/mol. The molecule has 0 saturated carbocycles. The van der Waals surface area contributed by atoms with E-state index in [1.165, 1.54) is 48.5 Å². The number of hydrogen-bond donors (Lipinski definition) is 3. The van der Waals surface area contributed by atoms with Crippen LogP contribution in [0.25, 0.3) is 0 Å². The summed E-state index contributed by atoms with van der Waals surface area (Å²) >= 11 is 1.16. The number of thioether (sulfide) groups is 1. The summed E-state index contributed by atoms with van der Waals surface area (Å²) in [5, 5.41) is 33.8. The van der Waals surface area contributed by atoms with Crippen molar-refractivity contribution in [2.24, 2.45) is 0 Å². The monoisotopic (exact) mass is 484 g/mol. The van der Waals surface area contributed by atoms with Crippen molar-refractivity contribution in [3.8, 4) is 0 Å². The summed E-state index contributed by atoms with van der Waals surface area (Å²) in [6.07, 6.45) is 0. The highest BCUT2D eigenvalue weighted by molar-refractivity contribution is 7.99. The summed E-state index contributed by atoms with van der Waals surface area (Å²) in [4.78, 5) is 45.8. The number of rotatable bonds is 10. The van der Waals surface area contributed by atoms with Gasteiger partial charge in [-0.2, -0.15) is 0 Å². The van der Waals surface area contributed by atoms with Gasteiger partial charge in [-0.15, -0.1) is 10.2 Å². The Balaban J connectivity index is 1.56. The molecule has 0 radical (unpaired) electrons. The van der Waals surface area contributed by atoms with Crippen molar-refractivity contribution in [3.05, 3.63) is 75.6 Å². The lowest BCUT2D eigenvalue weighted by atomic mass is 10.2. The maximum absolute atomic E-state index is 12.4. The van der Waals surface area contributed by atoms with Gasteiger partial charge in [-0.1, -0.05) is 17.8 Å². The number of nitro groups is 1. The van der Waals surface area contributed by atoms with Gasteiger partial charge in [0, 0.05) is 29.9 Å². The SMILES string of the molecule is CCn1c(CNC(=O)c2cccc([N+](=O)[O-])c2)nnc1SCC(=O)Nc1ccc(C(=O)O)cc1. The van der Waals surface area contributed by atoms with Crippen LogP contribution in [0.2, 0.25) is 0 Å². The van der Waals surface area contributed by atoms with Crippen LogP contribution >= 0.6 is 11.8 Å². The van der Waals surface area contributed by atoms with Crippen LogP contribution in [-0.4, -0.2) is 48.3 Å². The number of hydrogen-bond acceptors (Lipinski definition) is 8. The van der Waals surface area contributed by atoms with Gasteiger partial charge < -0.3 is 20.3 Å². The minimum absolute atomic E-state index is 0.0405. The Morgan fingerprint density at radius 3 is 2.50 bits per heavy atom. The third-order valence-electron chi connectivity index (χ3n) is 4.58. The van der Waals surface area contributed by atoms with Gasteiger partial charge in [-0.3, -0.25) is 19.7 Å². The van der Waals surface area contributed by atoms with E-state index in [0.717, 1.165) is 11.8 Å². The van der Waals surface area contributed by atoms with Crippen LogP contribution in [0.15, 0.2) is 53.7 Å². The molecular weight excluding hydrogens is 464 g/mol. The van der Waals surface area contributed by atoms with E-state index in [2.05, 4.69) is 20.8 Å². The predicted molar refractivity (Wildman–Crippen MR) is 123 cm³/mol. The molecule has 13 heteroatoms. The minimum Gasteiger partial charge on any atom is -0.478 e. The van der Waals surface area contributed by atoms with E-state index in [-0.39, 0.29) is 35.0 Å². The van der Waals surface area contributed by atoms with E-state index in [4.69, 9.17) is 5.11 Å². The first-order valence-corrected chi connectivity index (χ1v) is 11.0. The Morgan fingerprint density at radius 1 is 1.12 bits per heavy atom.